The van der Waals surface area contributed by atoms with Crippen molar-refractivity contribution >= 4 is 60.5 Å². The Morgan fingerprint density at radius 1 is 0.327 bits per heavy atom. The van der Waals surface area contributed by atoms with Crippen molar-refractivity contribution < 1.29 is 4.42 Å². The third-order valence-electron chi connectivity index (χ3n) is 10.3. The summed E-state index contributed by atoms with van der Waals surface area (Å²) in [4.78, 5) is 2.37. The Morgan fingerprint density at radius 3 is 1.85 bits per heavy atom. The first-order valence-corrected chi connectivity index (χ1v) is 17.8. The Bertz CT molecular complexity index is 2900. The maximum absolute atomic E-state index is 6.76. The zero-order valence-corrected chi connectivity index (χ0v) is 28.4. The van der Waals surface area contributed by atoms with Crippen molar-refractivity contribution in [2.24, 2.45) is 0 Å². The van der Waals surface area contributed by atoms with Crippen molar-refractivity contribution in [1.29, 1.82) is 0 Å². The van der Waals surface area contributed by atoms with Crippen molar-refractivity contribution in [3.8, 4) is 33.4 Å². The van der Waals surface area contributed by atoms with E-state index in [0.717, 1.165) is 55.7 Å². The molecule has 0 saturated carbocycles. The summed E-state index contributed by atoms with van der Waals surface area (Å²) in [6.07, 6.45) is 0. The molecule has 0 saturated heterocycles. The molecule has 0 aliphatic heterocycles. The molecule has 2 nitrogen and oxygen atoms in total. The molecule has 10 aromatic rings. The number of nitrogens with zero attached hydrogens (tertiary/aromatic N) is 1. The van der Waals surface area contributed by atoms with Crippen LogP contribution in [-0.4, -0.2) is 0 Å². The highest BCUT2D eigenvalue weighted by Gasteiger charge is 2.20. The van der Waals surface area contributed by atoms with Gasteiger partial charge in [-0.1, -0.05) is 158 Å². The van der Waals surface area contributed by atoms with Crippen LogP contribution in [0, 0.1) is 0 Å². The molecular formula is C50H33NO. The van der Waals surface area contributed by atoms with Gasteiger partial charge in [-0.25, -0.2) is 0 Å². The van der Waals surface area contributed by atoms with Gasteiger partial charge in [0.05, 0.1) is 5.69 Å². The second kappa shape index (κ2) is 12.5. The molecule has 0 aliphatic carbocycles. The van der Waals surface area contributed by atoms with E-state index in [2.05, 4.69) is 199 Å². The summed E-state index contributed by atoms with van der Waals surface area (Å²) in [6.45, 7) is 0. The predicted octanol–water partition coefficient (Wildman–Crippen LogP) is 14.4. The van der Waals surface area contributed by atoms with Gasteiger partial charge in [-0.2, -0.15) is 0 Å². The molecule has 244 valence electrons. The quantitative estimate of drug-likeness (QED) is 0.176. The number of fused-ring (bicyclic) bond motifs is 5. The van der Waals surface area contributed by atoms with Gasteiger partial charge >= 0.3 is 0 Å². The lowest BCUT2D eigenvalue weighted by molar-refractivity contribution is 0.670. The lowest BCUT2D eigenvalue weighted by atomic mass is 9.96. The average molecular weight is 664 g/mol. The number of anilines is 3. The molecule has 0 fully saturated rings. The monoisotopic (exact) mass is 663 g/mol. The first kappa shape index (κ1) is 30.0. The molecule has 0 atom stereocenters. The predicted molar refractivity (Wildman–Crippen MR) is 220 cm³/mol. The van der Waals surface area contributed by atoms with Gasteiger partial charge in [-0.05, 0) is 80.2 Å². The summed E-state index contributed by atoms with van der Waals surface area (Å²) < 4.78 is 6.76. The molecule has 1 heterocycles. The zero-order chi connectivity index (χ0) is 34.4. The van der Waals surface area contributed by atoms with Crippen molar-refractivity contribution in [3.63, 3.8) is 0 Å². The summed E-state index contributed by atoms with van der Waals surface area (Å²) in [6, 6.07) is 71.6. The number of para-hydroxylation sites is 2. The van der Waals surface area contributed by atoms with E-state index < -0.39 is 0 Å². The highest BCUT2D eigenvalue weighted by atomic mass is 16.3. The summed E-state index contributed by atoms with van der Waals surface area (Å²) in [5, 5.41) is 7.15. The summed E-state index contributed by atoms with van der Waals surface area (Å²) in [5.41, 5.74) is 11.9. The fourth-order valence-corrected chi connectivity index (χ4v) is 7.73. The van der Waals surface area contributed by atoms with Crippen LogP contribution in [-0.2, 0) is 0 Å². The fraction of sp³-hybridized carbons (Fsp3) is 0. The highest BCUT2D eigenvalue weighted by Crippen LogP contribution is 2.45. The minimum absolute atomic E-state index is 0.858. The lowest BCUT2D eigenvalue weighted by Crippen LogP contribution is -2.11. The smallest absolute Gasteiger partial charge is 0.143 e. The second-order valence-electron chi connectivity index (χ2n) is 13.3. The van der Waals surface area contributed by atoms with E-state index in [4.69, 9.17) is 4.42 Å². The molecule has 0 bridgehead atoms. The van der Waals surface area contributed by atoms with Crippen LogP contribution in [0.25, 0.3) is 76.9 Å². The Kier molecular flexibility index (Phi) is 7.18. The Balaban J connectivity index is 1.16. The van der Waals surface area contributed by atoms with E-state index in [1.807, 2.05) is 6.07 Å². The van der Waals surface area contributed by atoms with E-state index in [1.54, 1.807) is 0 Å². The van der Waals surface area contributed by atoms with Gasteiger partial charge in [-0.3, -0.25) is 0 Å². The first-order valence-electron chi connectivity index (χ1n) is 17.8. The summed E-state index contributed by atoms with van der Waals surface area (Å²) in [5.74, 6) is 0. The molecule has 10 rings (SSSR count). The van der Waals surface area contributed by atoms with Crippen LogP contribution >= 0.6 is 0 Å². The Hall–Kier alpha value is -6.90. The highest BCUT2D eigenvalue weighted by molar-refractivity contribution is 6.11. The number of hydrogen-bond donors (Lipinski definition) is 0. The number of rotatable bonds is 6. The van der Waals surface area contributed by atoms with Crippen molar-refractivity contribution in [2.45, 2.75) is 0 Å². The van der Waals surface area contributed by atoms with Gasteiger partial charge in [-0.15, -0.1) is 0 Å². The third-order valence-corrected chi connectivity index (χ3v) is 10.3. The van der Waals surface area contributed by atoms with Crippen LogP contribution in [0.4, 0.5) is 17.1 Å². The van der Waals surface area contributed by atoms with E-state index in [0.29, 0.717) is 0 Å². The maximum Gasteiger partial charge on any atom is 0.143 e. The molecule has 0 unspecified atom stereocenters. The van der Waals surface area contributed by atoms with Crippen LogP contribution in [0.15, 0.2) is 205 Å². The normalized spacial score (nSPS) is 11.5. The Morgan fingerprint density at radius 2 is 0.962 bits per heavy atom. The minimum atomic E-state index is 0.858. The van der Waals surface area contributed by atoms with Gasteiger partial charge in [0, 0.05) is 39.3 Å². The number of furan rings is 1. The van der Waals surface area contributed by atoms with Crippen molar-refractivity contribution in [3.05, 3.63) is 200 Å². The SMILES string of the molecule is c1ccc(-c2cccc3c2oc2cc(N(c4ccc(-c5ccc6ccccc6c5)cc4)c4ccccc4-c4cccc5ccccc45)ccc23)cc1. The maximum atomic E-state index is 6.76. The molecule has 2 heteroatoms. The standard InChI is InChI=1S/C50H33NO/c1-2-13-37(14-3-1)43-20-11-22-47-46-31-30-41(33-49(46)52-50(43)47)51(40-28-26-35(27-29-40)39-25-24-34-12-4-5-16-38(34)32-39)48-23-9-8-19-45(48)44-21-10-17-36-15-6-7-18-42(36)44/h1-33H. The van der Waals surface area contributed by atoms with Crippen LogP contribution in [0.5, 0.6) is 0 Å². The lowest BCUT2D eigenvalue weighted by Gasteiger charge is -2.28. The summed E-state index contributed by atoms with van der Waals surface area (Å²) in [7, 11) is 0. The topological polar surface area (TPSA) is 16.4 Å². The van der Waals surface area contributed by atoms with Crippen LogP contribution in [0.3, 0.4) is 0 Å². The molecule has 0 amide bonds. The third kappa shape index (κ3) is 5.12. The van der Waals surface area contributed by atoms with E-state index in [-0.39, 0.29) is 0 Å². The second-order valence-corrected chi connectivity index (χ2v) is 13.3. The van der Waals surface area contributed by atoms with Crippen LogP contribution in [0.1, 0.15) is 0 Å². The van der Waals surface area contributed by atoms with Gasteiger partial charge in [0.25, 0.3) is 0 Å². The molecule has 0 radical (unpaired) electrons. The molecule has 9 aromatic carbocycles. The molecule has 0 N–H and O–H groups in total. The zero-order valence-electron chi connectivity index (χ0n) is 28.4. The molecule has 52 heavy (non-hydrogen) atoms. The van der Waals surface area contributed by atoms with E-state index in [1.165, 1.54) is 38.2 Å². The summed E-state index contributed by atoms with van der Waals surface area (Å²) >= 11 is 0. The number of hydrogen-bond acceptors (Lipinski definition) is 2. The van der Waals surface area contributed by atoms with Gasteiger partial charge in [0.15, 0.2) is 0 Å². The minimum Gasteiger partial charge on any atom is -0.455 e. The number of benzene rings is 9. The van der Waals surface area contributed by atoms with Crippen molar-refractivity contribution in [1.82, 2.24) is 0 Å². The van der Waals surface area contributed by atoms with Gasteiger partial charge < -0.3 is 9.32 Å². The fourth-order valence-electron chi connectivity index (χ4n) is 7.73. The van der Waals surface area contributed by atoms with Crippen LogP contribution < -0.4 is 4.90 Å². The molecule has 1 aromatic heterocycles. The van der Waals surface area contributed by atoms with Gasteiger partial charge in [0.1, 0.15) is 11.2 Å². The van der Waals surface area contributed by atoms with Crippen LogP contribution in [0.2, 0.25) is 0 Å². The van der Waals surface area contributed by atoms with E-state index >= 15 is 0 Å². The van der Waals surface area contributed by atoms with Gasteiger partial charge in [0.2, 0.25) is 0 Å². The molecule has 0 spiro atoms. The first-order chi connectivity index (χ1) is 25.8. The Labute approximate surface area is 302 Å². The largest absolute Gasteiger partial charge is 0.455 e. The average Bonchev–Trinajstić information content (AvgIpc) is 3.60. The molecular weight excluding hydrogens is 631 g/mol. The molecule has 0 aliphatic rings. The van der Waals surface area contributed by atoms with E-state index in [9.17, 15) is 0 Å². The van der Waals surface area contributed by atoms with Crippen molar-refractivity contribution in [2.75, 3.05) is 4.90 Å².